The highest BCUT2D eigenvalue weighted by atomic mass is 32.1. The Morgan fingerprint density at radius 1 is 1.00 bits per heavy atom. The minimum Gasteiger partial charge on any atom is -0.493 e. The summed E-state index contributed by atoms with van der Waals surface area (Å²) in [6.45, 7) is 3.56. The number of hydrogen-bond donors (Lipinski definition) is 1. The van der Waals surface area contributed by atoms with E-state index in [9.17, 15) is 9.90 Å². The lowest BCUT2D eigenvalue weighted by atomic mass is 9.84. The number of quaternary nitrogens is 1. The van der Waals surface area contributed by atoms with Gasteiger partial charge in [0.15, 0.2) is 0 Å². The summed E-state index contributed by atoms with van der Waals surface area (Å²) in [6, 6.07) is 22.7. The van der Waals surface area contributed by atoms with E-state index in [1.807, 2.05) is 60.0 Å². The molecule has 4 heterocycles. The first-order valence-corrected chi connectivity index (χ1v) is 13.0. The minimum absolute atomic E-state index is 0.230. The summed E-state index contributed by atoms with van der Waals surface area (Å²) >= 11 is 1.37. The van der Waals surface area contributed by atoms with Crippen molar-refractivity contribution in [2.75, 3.05) is 26.2 Å². The van der Waals surface area contributed by atoms with E-state index in [0.29, 0.717) is 23.0 Å². The van der Waals surface area contributed by atoms with Crippen molar-refractivity contribution in [2.45, 2.75) is 37.5 Å². The van der Waals surface area contributed by atoms with Crippen LogP contribution in [-0.4, -0.2) is 48.0 Å². The van der Waals surface area contributed by atoms with Crippen molar-refractivity contribution in [1.29, 1.82) is 0 Å². The molecule has 2 bridgehead atoms. The van der Waals surface area contributed by atoms with Crippen LogP contribution in [0.3, 0.4) is 0 Å². The van der Waals surface area contributed by atoms with Crippen molar-refractivity contribution >= 4 is 17.3 Å². The van der Waals surface area contributed by atoms with E-state index in [0.717, 1.165) is 42.7 Å². The number of benzene rings is 2. The van der Waals surface area contributed by atoms with E-state index >= 15 is 0 Å². The Morgan fingerprint density at radius 2 is 1.71 bits per heavy atom. The van der Waals surface area contributed by atoms with E-state index in [-0.39, 0.29) is 6.23 Å². The maximum atomic E-state index is 13.7. The molecule has 3 aliphatic heterocycles. The van der Waals surface area contributed by atoms with Gasteiger partial charge in [0.25, 0.3) is 0 Å². The van der Waals surface area contributed by atoms with Gasteiger partial charge in [0.2, 0.25) is 11.8 Å². The molecule has 0 saturated carbocycles. The highest BCUT2D eigenvalue weighted by Gasteiger charge is 2.52. The predicted octanol–water partition coefficient (Wildman–Crippen LogP) is 4.95. The molecule has 3 aliphatic rings. The molecule has 0 aliphatic carbocycles. The molecule has 1 aromatic heterocycles. The Labute approximate surface area is 205 Å². The van der Waals surface area contributed by atoms with Gasteiger partial charge in [-0.1, -0.05) is 54.6 Å². The van der Waals surface area contributed by atoms with Crippen LogP contribution in [-0.2, 0) is 15.1 Å². The second-order valence-corrected chi connectivity index (χ2v) is 10.4. The molecule has 6 heteroatoms. The van der Waals surface area contributed by atoms with E-state index in [2.05, 4.69) is 0 Å². The van der Waals surface area contributed by atoms with Gasteiger partial charge in [-0.15, -0.1) is 11.3 Å². The third-order valence-electron chi connectivity index (χ3n) is 7.48. The predicted molar refractivity (Wildman–Crippen MR) is 132 cm³/mol. The van der Waals surface area contributed by atoms with Crippen LogP contribution in [0.4, 0.5) is 0 Å². The minimum atomic E-state index is -1.80. The van der Waals surface area contributed by atoms with Crippen LogP contribution in [0.15, 0.2) is 78.2 Å². The quantitative estimate of drug-likeness (QED) is 0.269. The Balaban J connectivity index is 1.31. The molecule has 0 spiro atoms. The van der Waals surface area contributed by atoms with E-state index in [1.165, 1.54) is 24.2 Å². The Bertz CT molecular complexity index is 1060. The van der Waals surface area contributed by atoms with Crippen LogP contribution in [0, 0.1) is 5.92 Å². The second kappa shape index (κ2) is 9.90. The van der Waals surface area contributed by atoms with Crippen LogP contribution in [0.1, 0.15) is 36.1 Å². The Hall–Kier alpha value is -2.67. The number of rotatable bonds is 9. The van der Waals surface area contributed by atoms with Gasteiger partial charge < -0.3 is 14.6 Å². The average molecular weight is 479 g/mol. The third-order valence-corrected chi connectivity index (χ3v) is 8.46. The number of piperidine rings is 3. The van der Waals surface area contributed by atoms with E-state index in [1.54, 1.807) is 18.2 Å². The van der Waals surface area contributed by atoms with Crippen LogP contribution in [0.2, 0.25) is 0 Å². The first-order chi connectivity index (χ1) is 16.6. The Morgan fingerprint density at radius 3 is 2.38 bits per heavy atom. The van der Waals surface area contributed by atoms with E-state index in [4.69, 9.17) is 9.47 Å². The molecular formula is C28H32NO4S+. The highest BCUT2D eigenvalue weighted by molar-refractivity contribution is 7.10. The highest BCUT2D eigenvalue weighted by Crippen LogP contribution is 2.41. The van der Waals surface area contributed by atoms with Crippen molar-refractivity contribution in [2.24, 2.45) is 5.92 Å². The van der Waals surface area contributed by atoms with Crippen LogP contribution < -0.4 is 4.74 Å². The maximum Gasteiger partial charge on any atom is 0.353 e. The number of carbonyl (C=O) groups is 1. The zero-order chi connectivity index (χ0) is 23.4. The molecule has 2 atom stereocenters. The molecular weight excluding hydrogens is 446 g/mol. The molecule has 2 aromatic carbocycles. The number of para-hydroxylation sites is 1. The molecule has 3 saturated heterocycles. The lowest BCUT2D eigenvalue weighted by molar-refractivity contribution is -0.984. The fourth-order valence-corrected chi connectivity index (χ4v) is 6.35. The van der Waals surface area contributed by atoms with Gasteiger partial charge in [-0.3, -0.25) is 4.48 Å². The van der Waals surface area contributed by atoms with Gasteiger partial charge in [0, 0.05) is 31.2 Å². The normalized spacial score (nSPS) is 25.4. The zero-order valence-corrected chi connectivity index (χ0v) is 20.2. The number of fused-ring (bicyclic) bond motifs is 3. The molecule has 0 radical (unpaired) electrons. The number of esters is 1. The molecule has 3 fully saturated rings. The average Bonchev–Trinajstić information content (AvgIpc) is 3.44. The summed E-state index contributed by atoms with van der Waals surface area (Å²) in [6.07, 6.45) is 3.86. The molecule has 34 heavy (non-hydrogen) atoms. The number of aliphatic hydroxyl groups is 1. The van der Waals surface area contributed by atoms with E-state index < -0.39 is 11.6 Å². The van der Waals surface area contributed by atoms with Crippen molar-refractivity contribution < 1.29 is 23.9 Å². The maximum absolute atomic E-state index is 13.7. The van der Waals surface area contributed by atoms with Crippen LogP contribution >= 0.6 is 11.3 Å². The van der Waals surface area contributed by atoms with Gasteiger partial charge in [-0.2, -0.15) is 0 Å². The molecule has 0 amide bonds. The number of nitrogens with zero attached hydrogens (tertiary/aromatic N) is 1. The first-order valence-electron chi connectivity index (χ1n) is 12.2. The summed E-state index contributed by atoms with van der Waals surface area (Å²) in [5, 5.41) is 13.6. The van der Waals surface area contributed by atoms with Gasteiger partial charge in [-0.05, 0) is 29.5 Å². The van der Waals surface area contributed by atoms with Crippen molar-refractivity contribution in [3.05, 3.63) is 88.6 Å². The lowest BCUT2D eigenvalue weighted by Crippen LogP contribution is -2.66. The van der Waals surface area contributed by atoms with Gasteiger partial charge in [0.1, 0.15) is 5.75 Å². The standard InChI is InChI=1S/C28H32NO4S/c30-27(28(31,25-13-7-20-34-25)23-9-3-1-4-10-23)33-26-21-22-14-17-29(26,18-15-22)16-8-19-32-24-11-5-2-6-12-24/h1-7,9-13,20,22,26,31H,8,14-19,21H2/q+1/t22?,26-,28?,29?/m1/s1. The summed E-state index contributed by atoms with van der Waals surface area (Å²) in [5.41, 5.74) is -1.26. The molecule has 3 aromatic rings. The molecule has 178 valence electrons. The molecule has 1 N–H and O–H groups in total. The Kier molecular flexibility index (Phi) is 6.73. The number of thiophene rings is 1. The molecule has 6 rings (SSSR count). The van der Waals surface area contributed by atoms with Crippen LogP contribution in [0.25, 0.3) is 0 Å². The van der Waals surface area contributed by atoms with Crippen molar-refractivity contribution in [3.63, 3.8) is 0 Å². The first kappa shape index (κ1) is 23.1. The van der Waals surface area contributed by atoms with Crippen molar-refractivity contribution in [3.8, 4) is 5.75 Å². The third kappa shape index (κ3) is 4.50. The fraction of sp³-hybridized carbons (Fsp3) is 0.393. The summed E-state index contributed by atoms with van der Waals surface area (Å²) in [4.78, 5) is 14.3. The smallest absolute Gasteiger partial charge is 0.353 e. The largest absolute Gasteiger partial charge is 0.493 e. The monoisotopic (exact) mass is 478 g/mol. The number of ether oxygens (including phenoxy) is 2. The summed E-state index contributed by atoms with van der Waals surface area (Å²) in [7, 11) is 0. The zero-order valence-electron chi connectivity index (χ0n) is 19.3. The lowest BCUT2D eigenvalue weighted by Gasteiger charge is -2.53. The number of carbonyl (C=O) groups excluding carboxylic acids is 1. The topological polar surface area (TPSA) is 55.8 Å². The van der Waals surface area contributed by atoms with Crippen molar-refractivity contribution in [1.82, 2.24) is 0 Å². The summed E-state index contributed by atoms with van der Waals surface area (Å²) < 4.78 is 12.9. The molecule has 5 nitrogen and oxygen atoms in total. The van der Waals surface area contributed by atoms with Gasteiger partial charge in [-0.25, -0.2) is 4.79 Å². The number of hydrogen-bond acceptors (Lipinski definition) is 5. The van der Waals surface area contributed by atoms with Gasteiger partial charge in [0.05, 0.1) is 31.1 Å². The SMILES string of the molecule is O=C(O[C@@H]1CC2CC[N+]1(CCCOc1ccccc1)CC2)C(O)(c1ccccc1)c1cccs1. The van der Waals surface area contributed by atoms with Crippen LogP contribution in [0.5, 0.6) is 5.75 Å². The van der Waals surface area contributed by atoms with Gasteiger partial charge >= 0.3 is 5.97 Å². The summed E-state index contributed by atoms with van der Waals surface area (Å²) in [5.74, 6) is 0.897. The second-order valence-electron chi connectivity index (χ2n) is 9.50. The fourth-order valence-electron chi connectivity index (χ4n) is 5.51. The molecule has 1 unspecified atom stereocenters.